The predicted octanol–water partition coefficient (Wildman–Crippen LogP) is 3.48. The summed E-state index contributed by atoms with van der Waals surface area (Å²) in [6.07, 6.45) is 10.1. The predicted molar refractivity (Wildman–Crippen MR) is 122 cm³/mol. The number of hydrogen-bond donors (Lipinski definition) is 1. The fourth-order valence-electron chi connectivity index (χ4n) is 7.17. The van der Waals surface area contributed by atoms with Crippen LogP contribution in [0.1, 0.15) is 61.7 Å². The highest BCUT2D eigenvalue weighted by Crippen LogP contribution is 2.59. The summed E-state index contributed by atoms with van der Waals surface area (Å²) in [5.41, 5.74) is 1.61. The van der Waals surface area contributed by atoms with Gasteiger partial charge in [0.15, 0.2) is 0 Å². The fraction of sp³-hybridized carbons (Fsp3) is 0.708. The van der Waals surface area contributed by atoms with E-state index in [1.54, 1.807) is 12.1 Å². The molecule has 6 nitrogen and oxygen atoms in total. The zero-order valence-electron chi connectivity index (χ0n) is 18.8. The van der Waals surface area contributed by atoms with Gasteiger partial charge in [-0.2, -0.15) is 0 Å². The third kappa shape index (κ3) is 3.88. The van der Waals surface area contributed by atoms with Crippen LogP contribution in [0.25, 0.3) is 0 Å². The van der Waals surface area contributed by atoms with Crippen LogP contribution >= 0.6 is 0 Å². The Labute approximate surface area is 186 Å². The minimum absolute atomic E-state index is 0.131. The lowest BCUT2D eigenvalue weighted by atomic mass is 9.49. The topological polar surface area (TPSA) is 69.7 Å². The molecular formula is C24H35N3O3S. The molecule has 1 amide bonds. The Morgan fingerprint density at radius 2 is 1.65 bits per heavy atom. The molecule has 6 rings (SSSR count). The zero-order valence-corrected chi connectivity index (χ0v) is 19.6. The Morgan fingerprint density at radius 1 is 1.06 bits per heavy atom. The number of sulfonamides is 1. The number of benzene rings is 1. The van der Waals surface area contributed by atoms with E-state index in [1.165, 1.54) is 56.9 Å². The molecule has 5 aliphatic rings. The van der Waals surface area contributed by atoms with Crippen LogP contribution in [0.5, 0.6) is 0 Å². The van der Waals surface area contributed by atoms with Gasteiger partial charge in [0.25, 0.3) is 5.91 Å². The molecule has 1 saturated heterocycles. The second kappa shape index (κ2) is 7.77. The van der Waals surface area contributed by atoms with E-state index in [4.69, 9.17) is 0 Å². The number of hydrogen-bond acceptors (Lipinski definition) is 4. The van der Waals surface area contributed by atoms with Gasteiger partial charge in [-0.05, 0) is 92.7 Å². The molecule has 0 atom stereocenters. The van der Waals surface area contributed by atoms with Crippen molar-refractivity contribution in [2.75, 3.05) is 38.6 Å². The minimum Gasteiger partial charge on any atom is -0.371 e. The van der Waals surface area contributed by atoms with E-state index in [-0.39, 0.29) is 16.2 Å². The number of carbonyl (C=O) groups excluding carboxylic acids is 1. The minimum atomic E-state index is -3.59. The van der Waals surface area contributed by atoms with Crippen LogP contribution in [0.3, 0.4) is 0 Å². The lowest BCUT2D eigenvalue weighted by Gasteiger charge is -2.56. The van der Waals surface area contributed by atoms with Crippen molar-refractivity contribution >= 4 is 21.6 Å². The number of amides is 1. The monoisotopic (exact) mass is 445 g/mol. The van der Waals surface area contributed by atoms with E-state index in [2.05, 4.69) is 10.2 Å². The molecule has 0 spiro atoms. The number of carbonyl (C=O) groups is 1. The second-order valence-electron chi connectivity index (χ2n) is 10.8. The average molecular weight is 446 g/mol. The van der Waals surface area contributed by atoms with Crippen LogP contribution in [-0.2, 0) is 10.0 Å². The third-order valence-corrected chi connectivity index (χ3v) is 10.0. The van der Waals surface area contributed by atoms with Crippen molar-refractivity contribution in [3.05, 3.63) is 23.8 Å². The maximum Gasteiger partial charge on any atom is 0.253 e. The molecule has 1 aromatic rings. The molecule has 1 aromatic carbocycles. The van der Waals surface area contributed by atoms with Crippen LogP contribution in [0, 0.1) is 23.2 Å². The third-order valence-electron chi connectivity index (χ3n) is 8.23. The van der Waals surface area contributed by atoms with Gasteiger partial charge in [0.2, 0.25) is 10.0 Å². The van der Waals surface area contributed by atoms with Crippen LogP contribution in [0.2, 0.25) is 0 Å². The molecule has 4 saturated carbocycles. The highest BCUT2D eigenvalue weighted by Gasteiger charge is 2.50. The summed E-state index contributed by atoms with van der Waals surface area (Å²) in [5.74, 6) is 2.40. The molecular weight excluding hydrogens is 410 g/mol. The van der Waals surface area contributed by atoms with E-state index in [0.717, 1.165) is 55.9 Å². The van der Waals surface area contributed by atoms with Gasteiger partial charge in [-0.25, -0.2) is 12.7 Å². The first-order valence-electron chi connectivity index (χ1n) is 11.9. The Balaban J connectivity index is 1.40. The van der Waals surface area contributed by atoms with Gasteiger partial charge in [-0.15, -0.1) is 0 Å². The molecule has 31 heavy (non-hydrogen) atoms. The highest BCUT2D eigenvalue weighted by atomic mass is 32.2. The van der Waals surface area contributed by atoms with Gasteiger partial charge in [-0.1, -0.05) is 0 Å². The Morgan fingerprint density at radius 3 is 2.19 bits per heavy atom. The standard InChI is InChI=1S/C24H35N3O3S/c1-26(2)31(29,30)20-5-6-22(27-7-3-4-8-27)21(12-20)23(28)25-16-24-13-17-9-18(14-24)11-19(10-17)15-24/h5-6,12,17-19H,3-4,7-11,13-16H2,1-2H3,(H,25,28). The van der Waals surface area contributed by atoms with Crippen LogP contribution in [-0.4, -0.2) is 52.4 Å². The lowest BCUT2D eigenvalue weighted by molar-refractivity contribution is -0.0503. The van der Waals surface area contributed by atoms with E-state index in [9.17, 15) is 13.2 Å². The van der Waals surface area contributed by atoms with Crippen molar-refractivity contribution in [1.82, 2.24) is 9.62 Å². The molecule has 4 bridgehead atoms. The molecule has 5 fully saturated rings. The molecule has 0 unspecified atom stereocenters. The Hall–Kier alpha value is -1.60. The van der Waals surface area contributed by atoms with E-state index in [0.29, 0.717) is 5.56 Å². The summed E-state index contributed by atoms with van der Waals surface area (Å²) < 4.78 is 26.6. The summed E-state index contributed by atoms with van der Waals surface area (Å²) in [6, 6.07) is 5.04. The molecule has 7 heteroatoms. The van der Waals surface area contributed by atoms with Crippen molar-refractivity contribution in [1.29, 1.82) is 0 Å². The maximum atomic E-state index is 13.4. The number of anilines is 1. The summed E-state index contributed by atoms with van der Waals surface area (Å²) in [4.78, 5) is 15.8. The summed E-state index contributed by atoms with van der Waals surface area (Å²) in [7, 11) is -0.542. The van der Waals surface area contributed by atoms with Gasteiger partial charge in [-0.3, -0.25) is 4.79 Å². The molecule has 170 valence electrons. The Bertz CT molecular complexity index is 931. The molecule has 0 radical (unpaired) electrons. The smallest absolute Gasteiger partial charge is 0.253 e. The van der Waals surface area contributed by atoms with Crippen molar-refractivity contribution < 1.29 is 13.2 Å². The van der Waals surface area contributed by atoms with E-state index >= 15 is 0 Å². The second-order valence-corrected chi connectivity index (χ2v) is 12.9. The van der Waals surface area contributed by atoms with Gasteiger partial charge in [0.05, 0.1) is 10.5 Å². The summed E-state index contributed by atoms with van der Waals surface area (Å²) in [5, 5.41) is 3.25. The lowest BCUT2D eigenvalue weighted by Crippen LogP contribution is -2.51. The van der Waals surface area contributed by atoms with Crippen molar-refractivity contribution in [2.45, 2.75) is 56.3 Å². The van der Waals surface area contributed by atoms with Crippen LogP contribution < -0.4 is 10.2 Å². The highest BCUT2D eigenvalue weighted by molar-refractivity contribution is 7.89. The maximum absolute atomic E-state index is 13.4. The molecule has 1 heterocycles. The van der Waals surface area contributed by atoms with E-state index < -0.39 is 10.0 Å². The molecule has 0 aromatic heterocycles. The number of rotatable bonds is 6. The van der Waals surface area contributed by atoms with Gasteiger partial charge in [0.1, 0.15) is 0 Å². The van der Waals surface area contributed by atoms with Crippen LogP contribution in [0.15, 0.2) is 23.1 Å². The first-order chi connectivity index (χ1) is 14.8. The van der Waals surface area contributed by atoms with E-state index in [1.807, 2.05) is 6.07 Å². The SMILES string of the molecule is CN(C)S(=O)(=O)c1ccc(N2CCCC2)c(C(=O)NCC23CC4CC(CC(C4)C2)C3)c1. The average Bonchev–Trinajstić information content (AvgIpc) is 3.25. The van der Waals surface area contributed by atoms with Crippen molar-refractivity contribution in [3.8, 4) is 0 Å². The molecule has 1 aliphatic heterocycles. The first kappa shape index (κ1) is 21.3. The van der Waals surface area contributed by atoms with Gasteiger partial charge >= 0.3 is 0 Å². The Kier molecular flexibility index (Phi) is 5.32. The van der Waals surface area contributed by atoms with Crippen molar-refractivity contribution in [3.63, 3.8) is 0 Å². The number of nitrogens with zero attached hydrogens (tertiary/aromatic N) is 2. The van der Waals surface area contributed by atoms with Crippen molar-refractivity contribution in [2.24, 2.45) is 23.2 Å². The summed E-state index contributed by atoms with van der Waals surface area (Å²) in [6.45, 7) is 2.55. The molecule has 4 aliphatic carbocycles. The normalized spacial score (nSPS) is 32.1. The zero-order chi connectivity index (χ0) is 21.8. The molecule has 1 N–H and O–H groups in total. The van der Waals surface area contributed by atoms with Gasteiger partial charge < -0.3 is 10.2 Å². The largest absolute Gasteiger partial charge is 0.371 e. The number of nitrogens with one attached hydrogen (secondary N) is 1. The van der Waals surface area contributed by atoms with Gasteiger partial charge in [0, 0.05) is 39.4 Å². The van der Waals surface area contributed by atoms with Crippen LogP contribution in [0.4, 0.5) is 5.69 Å². The summed E-state index contributed by atoms with van der Waals surface area (Å²) >= 11 is 0. The quantitative estimate of drug-likeness (QED) is 0.728. The first-order valence-corrected chi connectivity index (χ1v) is 13.3. The fourth-order valence-corrected chi connectivity index (χ4v) is 8.10.